The van der Waals surface area contributed by atoms with E-state index in [0.717, 1.165) is 4.57 Å². The van der Waals surface area contributed by atoms with E-state index in [-0.39, 0.29) is 42.3 Å². The first kappa shape index (κ1) is 25.2. The van der Waals surface area contributed by atoms with Gasteiger partial charge < -0.3 is 19.5 Å². The van der Waals surface area contributed by atoms with Crippen LogP contribution in [0.15, 0.2) is 48.5 Å². The van der Waals surface area contributed by atoms with Crippen molar-refractivity contribution < 1.29 is 28.3 Å². The number of para-hydroxylation sites is 1. The molecular formula is C24H26N3O6P. The Hall–Kier alpha value is -3.44. The summed E-state index contributed by atoms with van der Waals surface area (Å²) in [6, 6.07) is 14.8. The SMILES string of the molecule is CCOP(=O)(OCC)C(C)CNc1c(C(=O)c2cccc(C#N)c2)n(C(=O)O)c2ccccc12. The van der Waals surface area contributed by atoms with E-state index in [1.54, 1.807) is 57.2 Å². The molecule has 0 saturated heterocycles. The van der Waals surface area contributed by atoms with Gasteiger partial charge in [0.05, 0.1) is 41.7 Å². The molecule has 1 unspecified atom stereocenters. The lowest BCUT2D eigenvalue weighted by molar-refractivity contribution is 0.102. The number of ketones is 1. The molecule has 2 N–H and O–H groups in total. The summed E-state index contributed by atoms with van der Waals surface area (Å²) in [4.78, 5) is 25.8. The highest BCUT2D eigenvalue weighted by molar-refractivity contribution is 7.54. The second-order valence-electron chi connectivity index (χ2n) is 7.49. The maximum Gasteiger partial charge on any atom is 0.416 e. The summed E-state index contributed by atoms with van der Waals surface area (Å²) in [5.41, 5.74) is 0.387. The number of nitrogens with one attached hydrogen (secondary N) is 1. The number of aromatic nitrogens is 1. The third-order valence-electron chi connectivity index (χ3n) is 5.27. The van der Waals surface area contributed by atoms with Crippen molar-refractivity contribution in [2.24, 2.45) is 0 Å². The van der Waals surface area contributed by atoms with Gasteiger partial charge >= 0.3 is 13.7 Å². The summed E-state index contributed by atoms with van der Waals surface area (Å²) < 4.78 is 24.9. The lowest BCUT2D eigenvalue weighted by Gasteiger charge is -2.24. The van der Waals surface area contributed by atoms with Crippen molar-refractivity contribution in [3.05, 3.63) is 65.4 Å². The van der Waals surface area contributed by atoms with Gasteiger partial charge in [-0.2, -0.15) is 5.26 Å². The molecule has 2 aromatic carbocycles. The number of nitrogens with zero attached hydrogens (tertiary/aromatic N) is 2. The van der Waals surface area contributed by atoms with Gasteiger partial charge in [-0.25, -0.2) is 9.36 Å². The molecule has 0 aliphatic carbocycles. The third-order valence-corrected chi connectivity index (χ3v) is 7.77. The molecule has 1 atom stereocenters. The van der Waals surface area contributed by atoms with Gasteiger partial charge in [-0.3, -0.25) is 9.36 Å². The van der Waals surface area contributed by atoms with Gasteiger partial charge in [-0.05, 0) is 39.0 Å². The van der Waals surface area contributed by atoms with Crippen molar-refractivity contribution in [1.82, 2.24) is 4.57 Å². The molecule has 0 amide bonds. The minimum atomic E-state index is -3.43. The summed E-state index contributed by atoms with van der Waals surface area (Å²) in [7, 11) is -3.43. The van der Waals surface area contributed by atoms with E-state index in [0.29, 0.717) is 10.9 Å². The van der Waals surface area contributed by atoms with E-state index in [1.165, 1.54) is 12.1 Å². The number of carbonyl (C=O) groups is 2. The van der Waals surface area contributed by atoms with Crippen LogP contribution in [0.3, 0.4) is 0 Å². The Morgan fingerprint density at radius 1 is 1.15 bits per heavy atom. The molecule has 3 rings (SSSR count). The van der Waals surface area contributed by atoms with E-state index in [1.807, 2.05) is 6.07 Å². The zero-order valence-corrected chi connectivity index (χ0v) is 20.0. The number of fused-ring (bicyclic) bond motifs is 1. The highest BCUT2D eigenvalue weighted by Crippen LogP contribution is 2.53. The largest absolute Gasteiger partial charge is 0.464 e. The van der Waals surface area contributed by atoms with Crippen LogP contribution in [0, 0.1) is 11.3 Å². The number of carbonyl (C=O) groups excluding carboxylic acids is 1. The van der Waals surface area contributed by atoms with Gasteiger partial charge in [0.2, 0.25) is 5.78 Å². The van der Waals surface area contributed by atoms with Crippen LogP contribution in [0.2, 0.25) is 0 Å². The second-order valence-corrected chi connectivity index (χ2v) is 9.96. The molecule has 0 aliphatic heterocycles. The van der Waals surface area contributed by atoms with E-state index in [4.69, 9.17) is 9.05 Å². The second kappa shape index (κ2) is 10.7. The zero-order chi connectivity index (χ0) is 24.9. The number of benzene rings is 2. The fourth-order valence-electron chi connectivity index (χ4n) is 3.71. The summed E-state index contributed by atoms with van der Waals surface area (Å²) in [5, 5.41) is 22.8. The highest BCUT2D eigenvalue weighted by Gasteiger charge is 2.33. The average molecular weight is 483 g/mol. The topological polar surface area (TPSA) is 131 Å². The smallest absolute Gasteiger partial charge is 0.416 e. The Labute approximate surface area is 197 Å². The molecule has 34 heavy (non-hydrogen) atoms. The summed E-state index contributed by atoms with van der Waals surface area (Å²) in [6.45, 7) is 5.66. The minimum absolute atomic E-state index is 0.0985. The number of carboxylic acid groups (broad SMARTS) is 1. The first-order chi connectivity index (χ1) is 16.3. The van der Waals surface area contributed by atoms with E-state index in [9.17, 15) is 24.5 Å². The van der Waals surface area contributed by atoms with Crippen molar-refractivity contribution in [1.29, 1.82) is 5.26 Å². The van der Waals surface area contributed by atoms with Crippen LogP contribution in [0.5, 0.6) is 0 Å². The van der Waals surface area contributed by atoms with Crippen molar-refractivity contribution in [2.45, 2.75) is 26.4 Å². The third kappa shape index (κ3) is 4.90. The molecule has 1 heterocycles. The first-order valence-electron chi connectivity index (χ1n) is 10.8. The predicted octanol–water partition coefficient (Wildman–Crippen LogP) is 5.34. The van der Waals surface area contributed by atoms with Crippen LogP contribution < -0.4 is 5.32 Å². The molecular weight excluding hydrogens is 457 g/mol. The van der Waals surface area contributed by atoms with Gasteiger partial charge in [-0.1, -0.05) is 30.3 Å². The van der Waals surface area contributed by atoms with Gasteiger partial charge in [0, 0.05) is 17.5 Å². The van der Waals surface area contributed by atoms with Crippen LogP contribution in [0.25, 0.3) is 10.9 Å². The zero-order valence-electron chi connectivity index (χ0n) is 19.1. The monoisotopic (exact) mass is 483 g/mol. The van der Waals surface area contributed by atoms with Crippen molar-refractivity contribution in [3.8, 4) is 6.07 Å². The molecule has 0 bridgehead atoms. The van der Waals surface area contributed by atoms with Gasteiger partial charge in [0.1, 0.15) is 5.69 Å². The molecule has 9 nitrogen and oxygen atoms in total. The summed E-state index contributed by atoms with van der Waals surface area (Å²) in [5.74, 6) is -0.566. The Kier molecular flexibility index (Phi) is 7.90. The molecule has 10 heteroatoms. The standard InChI is InChI=1S/C24H26N3O6P/c1-4-32-34(31,33-5-2)16(3)15-26-21-19-11-6-7-12-20(19)27(24(29)30)22(21)23(28)18-10-8-9-17(13-18)14-25/h6-13,16,26H,4-5,15H2,1-3H3,(H,29,30). The van der Waals surface area contributed by atoms with Crippen LogP contribution >= 0.6 is 7.60 Å². The lowest BCUT2D eigenvalue weighted by atomic mass is 10.0. The highest BCUT2D eigenvalue weighted by atomic mass is 31.2. The number of hydrogen-bond donors (Lipinski definition) is 2. The number of anilines is 1. The van der Waals surface area contributed by atoms with Gasteiger partial charge in [-0.15, -0.1) is 0 Å². The van der Waals surface area contributed by atoms with Gasteiger partial charge in [0.15, 0.2) is 0 Å². The molecule has 0 aliphatic rings. The quantitative estimate of drug-likeness (QED) is 0.292. The molecule has 0 fully saturated rings. The molecule has 0 spiro atoms. The summed E-state index contributed by atoms with van der Waals surface area (Å²) >= 11 is 0. The first-order valence-corrected chi connectivity index (χ1v) is 12.4. The maximum atomic E-state index is 13.5. The maximum absolute atomic E-state index is 13.5. The fraction of sp³-hybridized carbons (Fsp3) is 0.292. The number of rotatable bonds is 10. The summed E-state index contributed by atoms with van der Waals surface area (Å²) in [6.07, 6.45) is -1.33. The number of nitriles is 1. The van der Waals surface area contributed by atoms with Crippen LogP contribution in [0.1, 0.15) is 42.4 Å². The molecule has 0 saturated carbocycles. The van der Waals surface area contributed by atoms with Gasteiger partial charge in [0.25, 0.3) is 0 Å². The average Bonchev–Trinajstić information content (AvgIpc) is 3.16. The molecule has 178 valence electrons. The Morgan fingerprint density at radius 2 is 1.82 bits per heavy atom. The Bertz CT molecular complexity index is 1300. The molecule has 0 radical (unpaired) electrons. The number of hydrogen-bond acceptors (Lipinski definition) is 7. The van der Waals surface area contributed by atoms with Crippen LogP contribution in [-0.2, 0) is 13.6 Å². The fourth-order valence-corrected chi connectivity index (χ4v) is 5.33. The van der Waals surface area contributed by atoms with E-state index in [2.05, 4.69) is 5.32 Å². The van der Waals surface area contributed by atoms with Crippen LogP contribution in [-0.4, -0.2) is 47.0 Å². The van der Waals surface area contributed by atoms with E-state index < -0.39 is 25.1 Å². The predicted molar refractivity (Wildman–Crippen MR) is 129 cm³/mol. The van der Waals surface area contributed by atoms with E-state index >= 15 is 0 Å². The van der Waals surface area contributed by atoms with Crippen molar-refractivity contribution in [2.75, 3.05) is 25.1 Å². The van der Waals surface area contributed by atoms with Crippen molar-refractivity contribution >= 4 is 36.1 Å². The Morgan fingerprint density at radius 3 is 2.44 bits per heavy atom. The van der Waals surface area contributed by atoms with Crippen molar-refractivity contribution in [3.63, 3.8) is 0 Å². The normalized spacial score (nSPS) is 12.3. The van der Waals surface area contributed by atoms with Crippen LogP contribution in [0.4, 0.5) is 10.5 Å². The Balaban J connectivity index is 2.12. The lowest BCUT2D eigenvalue weighted by Crippen LogP contribution is -2.22. The molecule has 3 aromatic rings. The molecule has 1 aromatic heterocycles. The minimum Gasteiger partial charge on any atom is -0.464 e.